The highest BCUT2D eigenvalue weighted by atomic mass is 16.4. The summed E-state index contributed by atoms with van der Waals surface area (Å²) in [6.45, 7) is 0.611. The van der Waals surface area contributed by atoms with Crippen molar-refractivity contribution in [3.05, 3.63) is 30.1 Å². The van der Waals surface area contributed by atoms with Crippen molar-refractivity contribution in [2.45, 2.75) is 44.7 Å². The van der Waals surface area contributed by atoms with Crippen LogP contribution in [0, 0.1) is 11.8 Å². The van der Waals surface area contributed by atoms with Gasteiger partial charge in [0.05, 0.1) is 5.92 Å². The van der Waals surface area contributed by atoms with Crippen LogP contribution in [0.15, 0.2) is 24.5 Å². The highest BCUT2D eigenvalue weighted by Crippen LogP contribution is 2.36. The Labute approximate surface area is 124 Å². The lowest BCUT2D eigenvalue weighted by molar-refractivity contribution is -0.141. The van der Waals surface area contributed by atoms with Crippen molar-refractivity contribution in [2.24, 2.45) is 11.8 Å². The minimum Gasteiger partial charge on any atom is -0.481 e. The fraction of sp³-hybridized carbons (Fsp3) is 0.562. The van der Waals surface area contributed by atoms with E-state index in [2.05, 4.69) is 4.98 Å². The molecule has 5 nitrogen and oxygen atoms in total. The van der Waals surface area contributed by atoms with Crippen molar-refractivity contribution in [1.29, 1.82) is 0 Å². The number of carbonyl (C=O) groups is 2. The molecule has 1 aromatic heterocycles. The van der Waals surface area contributed by atoms with Gasteiger partial charge in [-0.25, -0.2) is 0 Å². The monoisotopic (exact) mass is 288 g/mol. The van der Waals surface area contributed by atoms with Gasteiger partial charge in [0.1, 0.15) is 0 Å². The molecule has 1 amide bonds. The smallest absolute Gasteiger partial charge is 0.306 e. The van der Waals surface area contributed by atoms with Crippen LogP contribution in [0.4, 0.5) is 0 Å². The van der Waals surface area contributed by atoms with E-state index in [1.807, 2.05) is 17.0 Å². The fourth-order valence-electron chi connectivity index (χ4n) is 3.12. The third-order valence-electron chi connectivity index (χ3n) is 4.50. The number of rotatable bonds is 5. The molecule has 1 aromatic rings. The van der Waals surface area contributed by atoms with Crippen LogP contribution in [0.3, 0.4) is 0 Å². The summed E-state index contributed by atoms with van der Waals surface area (Å²) in [5, 5.41) is 9.08. The summed E-state index contributed by atoms with van der Waals surface area (Å²) in [5.41, 5.74) is 1.08. The molecule has 0 saturated heterocycles. The van der Waals surface area contributed by atoms with E-state index < -0.39 is 5.97 Å². The van der Waals surface area contributed by atoms with Gasteiger partial charge in [0.25, 0.3) is 0 Å². The van der Waals surface area contributed by atoms with Crippen molar-refractivity contribution in [3.63, 3.8) is 0 Å². The second-order valence-corrected chi connectivity index (χ2v) is 6.10. The van der Waals surface area contributed by atoms with Crippen LogP contribution < -0.4 is 0 Å². The first-order chi connectivity index (χ1) is 10.1. The summed E-state index contributed by atoms with van der Waals surface area (Å²) in [7, 11) is 0. The maximum absolute atomic E-state index is 12.7. The molecule has 2 unspecified atom stereocenters. The van der Waals surface area contributed by atoms with E-state index in [0.717, 1.165) is 18.4 Å². The Bertz CT molecular complexity index is 528. The number of pyridine rings is 1. The molecular weight excluding hydrogens is 268 g/mol. The topological polar surface area (TPSA) is 70.5 Å². The second-order valence-electron chi connectivity index (χ2n) is 6.10. The molecule has 2 aliphatic rings. The molecular formula is C16H20N2O3. The maximum Gasteiger partial charge on any atom is 0.306 e. The standard InChI is InChI=1S/C16H20N2O3/c19-15(12-1-2-13(9-12)16(20)21)18(14-3-4-14)10-11-5-7-17-8-6-11/h5-8,12-14H,1-4,9-10H2,(H,20,21). The number of hydrogen-bond donors (Lipinski definition) is 1. The first-order valence-corrected chi connectivity index (χ1v) is 7.57. The molecule has 0 aliphatic heterocycles. The lowest BCUT2D eigenvalue weighted by Crippen LogP contribution is -2.36. The van der Waals surface area contributed by atoms with E-state index in [1.165, 1.54) is 0 Å². The van der Waals surface area contributed by atoms with Crippen LogP contribution in [-0.4, -0.2) is 32.9 Å². The van der Waals surface area contributed by atoms with Crippen molar-refractivity contribution < 1.29 is 14.7 Å². The van der Waals surface area contributed by atoms with Crippen LogP contribution >= 0.6 is 0 Å². The van der Waals surface area contributed by atoms with Crippen molar-refractivity contribution in [1.82, 2.24) is 9.88 Å². The fourth-order valence-corrected chi connectivity index (χ4v) is 3.12. The van der Waals surface area contributed by atoms with Gasteiger partial charge in [-0.05, 0) is 49.8 Å². The van der Waals surface area contributed by atoms with E-state index >= 15 is 0 Å². The van der Waals surface area contributed by atoms with Crippen molar-refractivity contribution >= 4 is 11.9 Å². The minimum absolute atomic E-state index is 0.117. The average Bonchev–Trinajstić information content (AvgIpc) is 3.20. The normalized spacial score (nSPS) is 24.8. The van der Waals surface area contributed by atoms with Gasteiger partial charge >= 0.3 is 5.97 Å². The Balaban J connectivity index is 1.67. The van der Waals surface area contributed by atoms with Gasteiger partial charge in [-0.2, -0.15) is 0 Å². The molecule has 1 N–H and O–H groups in total. The van der Waals surface area contributed by atoms with E-state index in [9.17, 15) is 9.59 Å². The van der Waals surface area contributed by atoms with Crippen molar-refractivity contribution in [2.75, 3.05) is 0 Å². The Morgan fingerprint density at radius 1 is 1.14 bits per heavy atom. The Kier molecular flexibility index (Phi) is 3.90. The SMILES string of the molecule is O=C(O)C1CCC(C(=O)N(Cc2ccncc2)C2CC2)C1. The van der Waals surface area contributed by atoms with Gasteiger partial charge in [0.2, 0.25) is 5.91 Å². The molecule has 2 atom stereocenters. The van der Waals surface area contributed by atoms with Crippen molar-refractivity contribution in [3.8, 4) is 0 Å². The summed E-state index contributed by atoms with van der Waals surface area (Å²) in [4.78, 5) is 29.7. The van der Waals surface area contributed by atoms with E-state index in [0.29, 0.717) is 31.8 Å². The summed E-state index contributed by atoms with van der Waals surface area (Å²) < 4.78 is 0. The van der Waals surface area contributed by atoms with Gasteiger partial charge in [0.15, 0.2) is 0 Å². The summed E-state index contributed by atoms with van der Waals surface area (Å²) in [5.74, 6) is -1.09. The summed E-state index contributed by atoms with van der Waals surface area (Å²) in [6.07, 6.45) is 7.42. The van der Waals surface area contributed by atoms with Gasteiger partial charge < -0.3 is 10.0 Å². The van der Waals surface area contributed by atoms with E-state index in [1.54, 1.807) is 12.4 Å². The molecule has 2 aliphatic carbocycles. The first-order valence-electron chi connectivity index (χ1n) is 7.57. The highest BCUT2D eigenvalue weighted by Gasteiger charge is 2.40. The summed E-state index contributed by atoms with van der Waals surface area (Å²) in [6, 6.07) is 4.20. The van der Waals surface area contributed by atoms with Crippen LogP contribution in [0.25, 0.3) is 0 Å². The molecule has 0 bridgehead atoms. The third-order valence-corrected chi connectivity index (χ3v) is 4.50. The zero-order valence-corrected chi connectivity index (χ0v) is 11.9. The number of hydrogen-bond acceptors (Lipinski definition) is 3. The predicted octanol–water partition coefficient (Wildman–Crippen LogP) is 2.07. The Morgan fingerprint density at radius 2 is 1.81 bits per heavy atom. The number of aromatic nitrogens is 1. The van der Waals surface area contributed by atoms with Gasteiger partial charge in [-0.1, -0.05) is 0 Å². The van der Waals surface area contributed by atoms with E-state index in [4.69, 9.17) is 5.11 Å². The number of aliphatic carboxylic acids is 1. The molecule has 21 heavy (non-hydrogen) atoms. The van der Waals surface area contributed by atoms with Gasteiger partial charge in [-0.3, -0.25) is 14.6 Å². The molecule has 0 aromatic carbocycles. The van der Waals surface area contributed by atoms with Crippen LogP contribution in [0.5, 0.6) is 0 Å². The van der Waals surface area contributed by atoms with Gasteiger partial charge in [0, 0.05) is 30.9 Å². The lowest BCUT2D eigenvalue weighted by Gasteiger charge is -2.25. The van der Waals surface area contributed by atoms with Crippen LogP contribution in [0.1, 0.15) is 37.7 Å². The molecule has 2 saturated carbocycles. The zero-order valence-electron chi connectivity index (χ0n) is 11.9. The second kappa shape index (κ2) is 5.84. The predicted molar refractivity (Wildman–Crippen MR) is 76.3 cm³/mol. The van der Waals surface area contributed by atoms with Crippen LogP contribution in [-0.2, 0) is 16.1 Å². The third kappa shape index (κ3) is 3.23. The number of carbonyl (C=O) groups excluding carboxylic acids is 1. The highest BCUT2D eigenvalue weighted by molar-refractivity contribution is 5.81. The number of amides is 1. The molecule has 2 fully saturated rings. The Morgan fingerprint density at radius 3 is 2.38 bits per heavy atom. The number of carboxylic acids is 1. The molecule has 112 valence electrons. The first kappa shape index (κ1) is 14.0. The number of nitrogens with zero attached hydrogens (tertiary/aromatic N) is 2. The lowest BCUT2D eigenvalue weighted by atomic mass is 10.0. The molecule has 0 radical (unpaired) electrons. The minimum atomic E-state index is -0.766. The van der Waals surface area contributed by atoms with Gasteiger partial charge in [-0.15, -0.1) is 0 Å². The maximum atomic E-state index is 12.7. The summed E-state index contributed by atoms with van der Waals surface area (Å²) >= 11 is 0. The molecule has 5 heteroatoms. The van der Waals surface area contributed by atoms with E-state index in [-0.39, 0.29) is 17.7 Å². The quantitative estimate of drug-likeness (QED) is 0.900. The zero-order chi connectivity index (χ0) is 14.8. The Hall–Kier alpha value is -1.91. The largest absolute Gasteiger partial charge is 0.481 e. The molecule has 0 spiro atoms. The average molecular weight is 288 g/mol. The number of carboxylic acid groups (broad SMARTS) is 1. The molecule has 1 heterocycles. The molecule has 3 rings (SSSR count). The van der Waals surface area contributed by atoms with Crippen LogP contribution in [0.2, 0.25) is 0 Å².